The molecule has 0 unspecified atom stereocenters. The Hall–Kier alpha value is -2.28. The van der Waals surface area contributed by atoms with Crippen LogP contribution >= 0.6 is 11.8 Å². The summed E-state index contributed by atoms with van der Waals surface area (Å²) in [6, 6.07) is 8.55. The van der Waals surface area contributed by atoms with Crippen LogP contribution in [0.1, 0.15) is 12.6 Å². The first-order valence-electron chi connectivity index (χ1n) is 6.74. The van der Waals surface area contributed by atoms with Gasteiger partial charge >= 0.3 is 5.97 Å². The number of ether oxygens (including phenoxy) is 2. The molecule has 0 amide bonds. The number of rotatable bonds is 6. The molecule has 0 saturated carbocycles. The second-order valence-corrected chi connectivity index (χ2v) is 5.33. The number of aryl methyl sites for hydroxylation is 1. The van der Waals surface area contributed by atoms with Gasteiger partial charge in [0.1, 0.15) is 17.3 Å². The van der Waals surface area contributed by atoms with E-state index < -0.39 is 0 Å². The summed E-state index contributed by atoms with van der Waals surface area (Å²) in [4.78, 5) is 20.0. The Kier molecular flexibility index (Phi) is 5.60. The third-order valence-electron chi connectivity index (χ3n) is 2.54. The number of anilines is 1. The van der Waals surface area contributed by atoms with Crippen molar-refractivity contribution in [3.05, 3.63) is 36.0 Å². The predicted octanol–water partition coefficient (Wildman–Crippen LogP) is 2.46. The van der Waals surface area contributed by atoms with Crippen LogP contribution in [0.3, 0.4) is 0 Å². The minimum absolute atomic E-state index is 0.107. The molecule has 2 N–H and O–H groups in total. The first-order chi connectivity index (χ1) is 10.6. The lowest BCUT2D eigenvalue weighted by Gasteiger charge is -2.06. The van der Waals surface area contributed by atoms with Gasteiger partial charge in [0, 0.05) is 11.8 Å². The topological polar surface area (TPSA) is 87.3 Å². The van der Waals surface area contributed by atoms with E-state index in [0.29, 0.717) is 23.3 Å². The van der Waals surface area contributed by atoms with Crippen molar-refractivity contribution < 1.29 is 14.3 Å². The molecule has 2 aromatic rings. The van der Waals surface area contributed by atoms with Gasteiger partial charge in [0.2, 0.25) is 0 Å². The monoisotopic (exact) mass is 319 g/mol. The number of benzene rings is 1. The minimum Gasteiger partial charge on any atom is -0.494 e. The Morgan fingerprint density at radius 3 is 2.55 bits per heavy atom. The van der Waals surface area contributed by atoms with E-state index in [4.69, 9.17) is 15.2 Å². The summed E-state index contributed by atoms with van der Waals surface area (Å²) in [7, 11) is 0. The lowest BCUT2D eigenvalue weighted by Crippen LogP contribution is -2.11. The molecule has 22 heavy (non-hydrogen) atoms. The fraction of sp³-hybridized carbons (Fsp3) is 0.267. The summed E-state index contributed by atoms with van der Waals surface area (Å²) in [5.74, 6) is 1.32. The number of nitrogens with zero attached hydrogens (tertiary/aromatic N) is 2. The van der Waals surface area contributed by atoms with Crippen molar-refractivity contribution >= 4 is 23.5 Å². The van der Waals surface area contributed by atoms with Crippen LogP contribution in [0.4, 0.5) is 5.82 Å². The first kappa shape index (κ1) is 16.1. The maximum Gasteiger partial charge on any atom is 0.321 e. The maximum absolute atomic E-state index is 11.8. The molecular weight excluding hydrogens is 302 g/mol. The highest BCUT2D eigenvalue weighted by molar-refractivity contribution is 7.99. The molecule has 0 fully saturated rings. The zero-order valence-corrected chi connectivity index (χ0v) is 13.2. The van der Waals surface area contributed by atoms with Crippen molar-refractivity contribution in [2.45, 2.75) is 19.0 Å². The number of esters is 1. The van der Waals surface area contributed by atoms with Gasteiger partial charge in [-0.15, -0.1) is 0 Å². The third kappa shape index (κ3) is 4.92. The second-order valence-electron chi connectivity index (χ2n) is 4.38. The molecular formula is C15H17N3O3S. The van der Waals surface area contributed by atoms with Crippen molar-refractivity contribution in [3.8, 4) is 11.5 Å². The molecule has 2 rings (SSSR count). The number of aromatic nitrogens is 2. The van der Waals surface area contributed by atoms with Gasteiger partial charge in [0.05, 0.1) is 12.4 Å². The van der Waals surface area contributed by atoms with Crippen LogP contribution in [-0.2, 0) is 4.79 Å². The molecule has 116 valence electrons. The maximum atomic E-state index is 11.8. The van der Waals surface area contributed by atoms with Crippen LogP contribution in [0, 0.1) is 6.92 Å². The summed E-state index contributed by atoms with van der Waals surface area (Å²) in [6.07, 6.45) is 0. The zero-order chi connectivity index (χ0) is 15.9. The van der Waals surface area contributed by atoms with Gasteiger partial charge in [0.25, 0.3) is 0 Å². The van der Waals surface area contributed by atoms with Gasteiger partial charge in [-0.1, -0.05) is 11.8 Å². The number of carbonyl (C=O) groups is 1. The molecule has 0 aliphatic heterocycles. The fourth-order valence-electron chi connectivity index (χ4n) is 1.68. The molecule has 0 aliphatic carbocycles. The molecule has 0 spiro atoms. The lowest BCUT2D eigenvalue weighted by atomic mass is 10.3. The Labute approximate surface area is 133 Å². The van der Waals surface area contributed by atoms with Crippen LogP contribution < -0.4 is 15.2 Å². The highest BCUT2D eigenvalue weighted by Gasteiger charge is 2.09. The SMILES string of the molecule is CCOc1ccc(OC(=O)CSc2nc(C)cc(N)n2)cc1. The summed E-state index contributed by atoms with van der Waals surface area (Å²) in [5.41, 5.74) is 6.39. The minimum atomic E-state index is -0.377. The number of nitrogen functional groups attached to an aromatic ring is 1. The van der Waals surface area contributed by atoms with Crippen molar-refractivity contribution in [1.82, 2.24) is 9.97 Å². The van der Waals surface area contributed by atoms with Gasteiger partial charge in [-0.05, 0) is 38.1 Å². The fourth-order valence-corrected chi connectivity index (χ4v) is 2.37. The largest absolute Gasteiger partial charge is 0.494 e. The van der Waals surface area contributed by atoms with Crippen LogP contribution in [0.25, 0.3) is 0 Å². The average molecular weight is 319 g/mol. The van der Waals surface area contributed by atoms with Crippen molar-refractivity contribution in [2.24, 2.45) is 0 Å². The Bertz CT molecular complexity index is 627. The molecule has 1 aromatic heterocycles. The Balaban J connectivity index is 1.87. The van der Waals surface area contributed by atoms with Crippen molar-refractivity contribution in [2.75, 3.05) is 18.1 Å². The van der Waals surface area contributed by atoms with Crippen LogP contribution in [-0.4, -0.2) is 28.3 Å². The molecule has 0 radical (unpaired) electrons. The third-order valence-corrected chi connectivity index (χ3v) is 3.36. The van der Waals surface area contributed by atoms with Gasteiger partial charge in [-0.3, -0.25) is 4.79 Å². The van der Waals surface area contributed by atoms with Gasteiger partial charge in [-0.25, -0.2) is 9.97 Å². The smallest absolute Gasteiger partial charge is 0.321 e. The van der Waals surface area contributed by atoms with E-state index >= 15 is 0 Å². The van der Waals surface area contributed by atoms with Crippen molar-refractivity contribution in [1.29, 1.82) is 0 Å². The first-order valence-corrected chi connectivity index (χ1v) is 7.73. The average Bonchev–Trinajstić information content (AvgIpc) is 2.47. The highest BCUT2D eigenvalue weighted by atomic mass is 32.2. The molecule has 0 atom stereocenters. The number of hydrogen-bond acceptors (Lipinski definition) is 7. The van der Waals surface area contributed by atoms with Crippen LogP contribution in [0.15, 0.2) is 35.5 Å². The summed E-state index contributed by atoms with van der Waals surface area (Å²) in [5, 5.41) is 0.459. The van der Waals surface area contributed by atoms with E-state index in [1.807, 2.05) is 13.8 Å². The summed E-state index contributed by atoms with van der Waals surface area (Å²) < 4.78 is 10.5. The predicted molar refractivity (Wildman–Crippen MR) is 85.2 cm³/mol. The Morgan fingerprint density at radius 2 is 1.91 bits per heavy atom. The molecule has 0 aliphatic rings. The summed E-state index contributed by atoms with van der Waals surface area (Å²) >= 11 is 1.19. The quantitative estimate of drug-likeness (QED) is 0.379. The molecule has 7 heteroatoms. The number of carbonyl (C=O) groups excluding carboxylic acids is 1. The molecule has 1 aromatic carbocycles. The number of thioether (sulfide) groups is 1. The van der Waals surface area contributed by atoms with E-state index in [1.54, 1.807) is 30.3 Å². The molecule has 0 saturated heterocycles. The van der Waals surface area contributed by atoms with E-state index in [9.17, 15) is 4.79 Å². The molecule has 1 heterocycles. The van der Waals surface area contributed by atoms with E-state index in [2.05, 4.69) is 9.97 Å². The highest BCUT2D eigenvalue weighted by Crippen LogP contribution is 2.19. The van der Waals surface area contributed by atoms with Gasteiger partial charge in [0.15, 0.2) is 5.16 Å². The van der Waals surface area contributed by atoms with Crippen LogP contribution in [0.5, 0.6) is 11.5 Å². The molecule has 6 nitrogen and oxygen atoms in total. The normalized spacial score (nSPS) is 10.3. The molecule has 0 bridgehead atoms. The van der Waals surface area contributed by atoms with Gasteiger partial charge < -0.3 is 15.2 Å². The van der Waals surface area contributed by atoms with Crippen molar-refractivity contribution in [3.63, 3.8) is 0 Å². The zero-order valence-electron chi connectivity index (χ0n) is 12.4. The standard InChI is InChI=1S/C15H17N3O3S/c1-3-20-11-4-6-12(7-5-11)21-14(19)9-22-15-17-10(2)8-13(16)18-15/h4-8H,3,9H2,1-2H3,(H2,16,17,18). The van der Waals surface area contributed by atoms with E-state index in [-0.39, 0.29) is 11.7 Å². The summed E-state index contributed by atoms with van der Waals surface area (Å²) in [6.45, 7) is 4.32. The number of nitrogens with two attached hydrogens (primary N) is 1. The Morgan fingerprint density at radius 1 is 1.23 bits per heavy atom. The second kappa shape index (κ2) is 7.65. The van der Waals surface area contributed by atoms with E-state index in [0.717, 1.165) is 11.4 Å². The lowest BCUT2D eigenvalue weighted by molar-refractivity contribution is -0.131. The van der Waals surface area contributed by atoms with Crippen LogP contribution in [0.2, 0.25) is 0 Å². The number of hydrogen-bond donors (Lipinski definition) is 1. The van der Waals surface area contributed by atoms with E-state index in [1.165, 1.54) is 11.8 Å². The van der Waals surface area contributed by atoms with Gasteiger partial charge in [-0.2, -0.15) is 0 Å².